The number of nitrogens with zero attached hydrogens (tertiary/aromatic N) is 3. The summed E-state index contributed by atoms with van der Waals surface area (Å²) in [4.78, 5) is 12.6. The molecule has 1 atom stereocenters. The van der Waals surface area contributed by atoms with Gasteiger partial charge < -0.3 is 14.6 Å². The van der Waals surface area contributed by atoms with Crippen LogP contribution in [-0.4, -0.2) is 26.4 Å². The molecule has 1 heterocycles. The van der Waals surface area contributed by atoms with Crippen molar-refractivity contribution in [3.63, 3.8) is 0 Å². The molecule has 0 saturated carbocycles. The number of hydrogen-bond donors (Lipinski definition) is 1. The van der Waals surface area contributed by atoms with E-state index in [0.29, 0.717) is 11.7 Å². The van der Waals surface area contributed by atoms with E-state index < -0.39 is 0 Å². The van der Waals surface area contributed by atoms with Crippen LogP contribution in [-0.2, 0) is 17.8 Å². The highest BCUT2D eigenvalue weighted by Crippen LogP contribution is 2.26. The summed E-state index contributed by atoms with van der Waals surface area (Å²) in [5, 5.41) is 14.5. The number of aromatic nitrogens is 3. The third-order valence-corrected chi connectivity index (χ3v) is 6.43. The van der Waals surface area contributed by atoms with Gasteiger partial charge in [-0.25, -0.2) is 0 Å². The van der Waals surface area contributed by atoms with Crippen molar-refractivity contribution in [3.05, 3.63) is 78.1 Å². The van der Waals surface area contributed by atoms with Gasteiger partial charge in [0.15, 0.2) is 17.1 Å². The summed E-state index contributed by atoms with van der Waals surface area (Å²) in [5.41, 5.74) is 2.08. The third kappa shape index (κ3) is 5.37. The normalized spacial score (nSPS) is 12.0. The lowest BCUT2D eigenvalue weighted by Gasteiger charge is -2.16. The van der Waals surface area contributed by atoms with E-state index in [-0.39, 0.29) is 17.8 Å². The summed E-state index contributed by atoms with van der Waals surface area (Å²) in [5.74, 6) is 1.71. The van der Waals surface area contributed by atoms with Crippen LogP contribution in [0.3, 0.4) is 0 Å². The smallest absolute Gasteiger partial charge is 0.234 e. The van der Waals surface area contributed by atoms with Crippen molar-refractivity contribution in [1.82, 2.24) is 14.8 Å². The molecule has 7 heteroatoms. The van der Waals surface area contributed by atoms with Gasteiger partial charge in [-0.1, -0.05) is 67.2 Å². The van der Waals surface area contributed by atoms with E-state index >= 15 is 0 Å². The monoisotopic (exact) mass is 460 g/mol. The topological polar surface area (TPSA) is 69.0 Å². The molecule has 170 valence electrons. The summed E-state index contributed by atoms with van der Waals surface area (Å²) in [7, 11) is 0. The van der Waals surface area contributed by atoms with E-state index in [1.807, 2.05) is 73.0 Å². The SMILES string of the molecule is CCc1ccc(O[C@H](C)c2nnc(SCC(=O)Nc3cccc4ccccc34)n2CC)cc1. The van der Waals surface area contributed by atoms with Crippen molar-refractivity contribution >= 4 is 34.1 Å². The average molecular weight is 461 g/mol. The maximum Gasteiger partial charge on any atom is 0.234 e. The average Bonchev–Trinajstić information content (AvgIpc) is 3.26. The zero-order chi connectivity index (χ0) is 23.2. The molecule has 33 heavy (non-hydrogen) atoms. The van der Waals surface area contributed by atoms with Gasteiger partial charge in [0.1, 0.15) is 5.75 Å². The first-order chi connectivity index (χ1) is 16.1. The van der Waals surface area contributed by atoms with Gasteiger partial charge in [-0.05, 0) is 49.4 Å². The van der Waals surface area contributed by atoms with Gasteiger partial charge >= 0.3 is 0 Å². The van der Waals surface area contributed by atoms with Crippen LogP contribution in [0.4, 0.5) is 5.69 Å². The van der Waals surface area contributed by atoms with Gasteiger partial charge in [-0.3, -0.25) is 4.79 Å². The molecule has 0 aliphatic carbocycles. The number of anilines is 1. The van der Waals surface area contributed by atoms with E-state index in [9.17, 15) is 4.79 Å². The van der Waals surface area contributed by atoms with Gasteiger partial charge in [0.2, 0.25) is 5.91 Å². The fraction of sp³-hybridized carbons (Fsp3) is 0.269. The number of ether oxygens (including phenoxy) is 1. The summed E-state index contributed by atoms with van der Waals surface area (Å²) >= 11 is 1.38. The van der Waals surface area contributed by atoms with Gasteiger partial charge in [-0.15, -0.1) is 10.2 Å². The molecule has 0 unspecified atom stereocenters. The molecule has 1 aromatic heterocycles. The van der Waals surface area contributed by atoms with E-state index in [0.717, 1.165) is 34.5 Å². The van der Waals surface area contributed by atoms with Crippen molar-refractivity contribution in [3.8, 4) is 5.75 Å². The fourth-order valence-electron chi connectivity index (χ4n) is 3.72. The van der Waals surface area contributed by atoms with Crippen LogP contribution in [0.2, 0.25) is 0 Å². The molecule has 0 saturated heterocycles. The molecule has 0 fully saturated rings. The minimum Gasteiger partial charge on any atom is -0.483 e. The second kappa shape index (κ2) is 10.5. The Hall–Kier alpha value is -3.32. The number of thioether (sulfide) groups is 1. The minimum atomic E-state index is -0.260. The molecule has 1 N–H and O–H groups in total. The van der Waals surface area contributed by atoms with Crippen molar-refractivity contribution in [2.75, 3.05) is 11.1 Å². The number of nitrogens with one attached hydrogen (secondary N) is 1. The molecule has 6 nitrogen and oxygen atoms in total. The van der Waals surface area contributed by atoms with E-state index in [1.165, 1.54) is 17.3 Å². The van der Waals surface area contributed by atoms with Crippen LogP contribution in [0.25, 0.3) is 10.8 Å². The Morgan fingerprint density at radius 2 is 1.79 bits per heavy atom. The molecule has 4 aromatic rings. The summed E-state index contributed by atoms with van der Waals surface area (Å²) < 4.78 is 8.09. The van der Waals surface area contributed by atoms with Crippen molar-refractivity contribution in [1.29, 1.82) is 0 Å². The molecule has 3 aromatic carbocycles. The molecule has 0 aliphatic rings. The van der Waals surface area contributed by atoms with Crippen LogP contribution in [0.5, 0.6) is 5.75 Å². The molecule has 0 spiro atoms. The minimum absolute atomic E-state index is 0.0798. The van der Waals surface area contributed by atoms with Crippen LogP contribution >= 0.6 is 11.8 Å². The van der Waals surface area contributed by atoms with Crippen LogP contribution < -0.4 is 10.1 Å². The third-order valence-electron chi connectivity index (χ3n) is 5.47. The van der Waals surface area contributed by atoms with E-state index in [4.69, 9.17) is 4.74 Å². The maximum absolute atomic E-state index is 12.6. The zero-order valence-electron chi connectivity index (χ0n) is 19.1. The fourth-order valence-corrected chi connectivity index (χ4v) is 4.53. The molecular formula is C26H28N4O2S. The van der Waals surface area contributed by atoms with Crippen LogP contribution in [0.1, 0.15) is 38.3 Å². The number of rotatable bonds is 9. The molecular weight excluding hydrogens is 432 g/mol. The first-order valence-corrected chi connectivity index (χ1v) is 12.2. The second-order valence-electron chi connectivity index (χ2n) is 7.71. The summed E-state index contributed by atoms with van der Waals surface area (Å²) in [6.07, 6.45) is 0.734. The standard InChI is InChI=1S/C26H28N4O2S/c1-4-19-13-15-21(16-14-19)32-18(3)25-28-29-26(30(25)5-2)33-17-24(31)27-23-12-8-10-20-9-6-7-11-22(20)23/h6-16,18H,4-5,17H2,1-3H3,(H,27,31)/t18-/m1/s1. The molecule has 4 rings (SSSR count). The van der Waals surface area contributed by atoms with Crippen molar-refractivity contribution in [2.45, 2.75) is 45.0 Å². The first kappa shape index (κ1) is 22.9. The highest BCUT2D eigenvalue weighted by Gasteiger charge is 2.19. The Labute approximate surface area is 198 Å². The van der Waals surface area contributed by atoms with Crippen molar-refractivity contribution in [2.24, 2.45) is 0 Å². The van der Waals surface area contributed by atoms with Gasteiger partial charge in [0, 0.05) is 17.6 Å². The number of benzene rings is 3. The van der Waals surface area contributed by atoms with Crippen LogP contribution in [0.15, 0.2) is 71.9 Å². The first-order valence-electron chi connectivity index (χ1n) is 11.2. The number of fused-ring (bicyclic) bond motifs is 1. The number of carbonyl (C=O) groups excluding carboxylic acids is 1. The predicted octanol–water partition coefficient (Wildman–Crippen LogP) is 5.88. The Morgan fingerprint density at radius 3 is 2.55 bits per heavy atom. The number of hydrogen-bond acceptors (Lipinski definition) is 5. The summed E-state index contributed by atoms with van der Waals surface area (Å²) in [6, 6.07) is 22.0. The Kier molecular flexibility index (Phi) is 7.29. The van der Waals surface area contributed by atoms with Gasteiger partial charge in [0.25, 0.3) is 0 Å². The maximum atomic E-state index is 12.6. The van der Waals surface area contributed by atoms with Gasteiger partial charge in [-0.2, -0.15) is 0 Å². The van der Waals surface area contributed by atoms with E-state index in [1.54, 1.807) is 0 Å². The summed E-state index contributed by atoms with van der Waals surface area (Å²) in [6.45, 7) is 6.82. The molecule has 0 aliphatic heterocycles. The second-order valence-corrected chi connectivity index (χ2v) is 8.65. The highest BCUT2D eigenvalue weighted by molar-refractivity contribution is 7.99. The lowest BCUT2D eigenvalue weighted by Crippen LogP contribution is -2.15. The zero-order valence-corrected chi connectivity index (χ0v) is 19.9. The lowest BCUT2D eigenvalue weighted by molar-refractivity contribution is -0.113. The molecule has 0 bridgehead atoms. The van der Waals surface area contributed by atoms with Gasteiger partial charge in [0.05, 0.1) is 5.75 Å². The van der Waals surface area contributed by atoms with Crippen molar-refractivity contribution < 1.29 is 9.53 Å². The number of carbonyl (C=O) groups is 1. The molecule has 0 radical (unpaired) electrons. The predicted molar refractivity (Wildman–Crippen MR) is 134 cm³/mol. The number of amides is 1. The molecule has 1 amide bonds. The number of aryl methyl sites for hydroxylation is 1. The van der Waals surface area contributed by atoms with E-state index in [2.05, 4.69) is 34.6 Å². The highest BCUT2D eigenvalue weighted by atomic mass is 32.2. The Bertz CT molecular complexity index is 1230. The van der Waals surface area contributed by atoms with Crippen LogP contribution in [0, 0.1) is 0 Å². The Balaban J connectivity index is 1.40. The quantitative estimate of drug-likeness (QED) is 0.316. The lowest BCUT2D eigenvalue weighted by atomic mass is 10.1. The largest absolute Gasteiger partial charge is 0.483 e. The Morgan fingerprint density at radius 1 is 1.03 bits per heavy atom.